The zero-order valence-corrected chi connectivity index (χ0v) is 17.9. The zero-order chi connectivity index (χ0) is 21.6. The van der Waals surface area contributed by atoms with Crippen LogP contribution < -0.4 is 0 Å². The minimum absolute atomic E-state index is 0.00546. The first-order valence-electron chi connectivity index (χ1n) is 10.3. The van der Waals surface area contributed by atoms with E-state index in [4.69, 9.17) is 5.11 Å². The predicted octanol–water partition coefficient (Wildman–Crippen LogP) is 4.68. The van der Waals surface area contributed by atoms with E-state index in [1.807, 2.05) is 0 Å². The Morgan fingerprint density at radius 1 is 0.857 bits per heavy atom. The fraction of sp³-hybridized carbons (Fsp3) is 0.800. The van der Waals surface area contributed by atoms with Crippen molar-refractivity contribution in [2.45, 2.75) is 96.1 Å². The Kier molecular flexibility index (Phi) is 13.8. The molecule has 0 fully saturated rings. The summed E-state index contributed by atoms with van der Waals surface area (Å²) in [6, 6.07) is 0. The summed E-state index contributed by atoms with van der Waals surface area (Å²) in [6.07, 6.45) is 11.5. The summed E-state index contributed by atoms with van der Waals surface area (Å²) < 4.78 is 32.9. The number of hydrogen-bond donors (Lipinski definition) is 3. The molecule has 2 unspecified atom stereocenters. The topological polar surface area (TPSA) is 129 Å². The van der Waals surface area contributed by atoms with Crippen LogP contribution in [0, 0.1) is 5.92 Å². The first kappa shape index (κ1) is 26.6. The summed E-state index contributed by atoms with van der Waals surface area (Å²) in [5.74, 6) is -3.97. The molecule has 0 aromatic heterocycles. The molecule has 0 aromatic rings. The molecule has 0 saturated heterocycles. The van der Waals surface area contributed by atoms with Crippen molar-refractivity contribution >= 4 is 22.1 Å². The quantitative estimate of drug-likeness (QED) is 0.177. The molecular formula is C20H36O7S. The lowest BCUT2D eigenvalue weighted by Crippen LogP contribution is -2.33. The molecule has 0 bridgehead atoms. The van der Waals surface area contributed by atoms with Crippen molar-refractivity contribution in [1.82, 2.24) is 0 Å². The summed E-state index contributed by atoms with van der Waals surface area (Å²) in [6.45, 7) is 3.71. The molecule has 0 amide bonds. The Morgan fingerprint density at radius 3 is 1.68 bits per heavy atom. The second kappa shape index (κ2) is 14.6. The SMILES string of the molecule is CCCCCCCCCCCCC(C(=CC(=O)O)C(=O)O)C(CC)S(=O)(=O)O. The minimum Gasteiger partial charge on any atom is -0.478 e. The number of carbonyl (C=O) groups is 2. The van der Waals surface area contributed by atoms with Gasteiger partial charge in [-0.05, 0) is 12.8 Å². The summed E-state index contributed by atoms with van der Waals surface area (Å²) in [5.41, 5.74) is -0.479. The van der Waals surface area contributed by atoms with Gasteiger partial charge in [-0.25, -0.2) is 9.59 Å². The summed E-state index contributed by atoms with van der Waals surface area (Å²) in [5, 5.41) is 17.0. The van der Waals surface area contributed by atoms with Crippen LogP contribution in [-0.4, -0.2) is 40.4 Å². The monoisotopic (exact) mass is 420 g/mol. The van der Waals surface area contributed by atoms with Crippen molar-refractivity contribution in [3.05, 3.63) is 11.6 Å². The van der Waals surface area contributed by atoms with Crippen LogP contribution in [0.25, 0.3) is 0 Å². The van der Waals surface area contributed by atoms with Gasteiger partial charge in [0.05, 0.1) is 5.25 Å². The van der Waals surface area contributed by atoms with Gasteiger partial charge in [0, 0.05) is 17.6 Å². The van der Waals surface area contributed by atoms with Crippen LogP contribution in [0.1, 0.15) is 90.9 Å². The third kappa shape index (κ3) is 11.4. The molecule has 0 heterocycles. The van der Waals surface area contributed by atoms with E-state index < -0.39 is 38.8 Å². The van der Waals surface area contributed by atoms with Crippen LogP contribution in [0.2, 0.25) is 0 Å². The molecule has 2 atom stereocenters. The maximum atomic E-state index is 11.7. The Balaban J connectivity index is 4.76. The van der Waals surface area contributed by atoms with Crippen molar-refractivity contribution in [2.24, 2.45) is 5.92 Å². The molecule has 0 radical (unpaired) electrons. The summed E-state index contributed by atoms with van der Waals surface area (Å²) in [7, 11) is -4.49. The van der Waals surface area contributed by atoms with E-state index in [2.05, 4.69) is 6.92 Å². The highest BCUT2D eigenvalue weighted by Gasteiger charge is 2.35. The van der Waals surface area contributed by atoms with Crippen LogP contribution in [0.4, 0.5) is 0 Å². The Labute approximate surface area is 169 Å². The molecule has 164 valence electrons. The normalized spacial score (nSPS) is 14.6. The van der Waals surface area contributed by atoms with Gasteiger partial charge in [-0.15, -0.1) is 0 Å². The number of carboxylic acid groups (broad SMARTS) is 2. The van der Waals surface area contributed by atoms with Crippen LogP contribution in [0.15, 0.2) is 11.6 Å². The van der Waals surface area contributed by atoms with Crippen molar-refractivity contribution in [3.63, 3.8) is 0 Å². The maximum Gasteiger partial charge on any atom is 0.332 e. The highest BCUT2D eigenvalue weighted by molar-refractivity contribution is 7.86. The van der Waals surface area contributed by atoms with Crippen LogP contribution >= 0.6 is 0 Å². The molecule has 3 N–H and O–H groups in total. The van der Waals surface area contributed by atoms with E-state index in [-0.39, 0.29) is 12.8 Å². The highest BCUT2D eigenvalue weighted by Crippen LogP contribution is 2.29. The van der Waals surface area contributed by atoms with Crippen LogP contribution in [-0.2, 0) is 19.7 Å². The lowest BCUT2D eigenvalue weighted by molar-refractivity contribution is -0.135. The average molecular weight is 421 g/mol. The van der Waals surface area contributed by atoms with Crippen molar-refractivity contribution in [2.75, 3.05) is 0 Å². The molecule has 0 aliphatic rings. The molecule has 0 spiro atoms. The van der Waals surface area contributed by atoms with Gasteiger partial charge in [-0.2, -0.15) is 8.42 Å². The Morgan fingerprint density at radius 2 is 1.32 bits per heavy atom. The third-order valence-corrected chi connectivity index (χ3v) is 6.45. The second-order valence-electron chi connectivity index (χ2n) is 7.28. The molecule has 28 heavy (non-hydrogen) atoms. The van der Waals surface area contributed by atoms with Crippen LogP contribution in [0.3, 0.4) is 0 Å². The standard InChI is InChI=1S/C20H36O7S/c1-3-5-6-7-8-9-10-11-12-13-14-16(18(4-2)28(25,26)27)17(20(23)24)15-19(21)22/h15-16,18H,3-14H2,1-2H3,(H,21,22)(H,23,24)(H,25,26,27). The first-order valence-corrected chi connectivity index (χ1v) is 11.8. The minimum atomic E-state index is -4.49. The van der Waals surface area contributed by atoms with Gasteiger partial charge in [-0.3, -0.25) is 4.55 Å². The Bertz CT molecular complexity index is 596. The van der Waals surface area contributed by atoms with Crippen LogP contribution in [0.5, 0.6) is 0 Å². The summed E-state index contributed by atoms with van der Waals surface area (Å²) in [4.78, 5) is 22.5. The molecule has 0 aliphatic heterocycles. The predicted molar refractivity (Wildman–Crippen MR) is 109 cm³/mol. The van der Waals surface area contributed by atoms with Crippen molar-refractivity contribution < 1.29 is 32.8 Å². The lowest BCUT2D eigenvalue weighted by Gasteiger charge is -2.24. The second-order valence-corrected chi connectivity index (χ2v) is 8.92. The van der Waals surface area contributed by atoms with E-state index in [0.29, 0.717) is 12.5 Å². The zero-order valence-electron chi connectivity index (χ0n) is 17.1. The molecule has 0 saturated carbocycles. The van der Waals surface area contributed by atoms with Gasteiger partial charge >= 0.3 is 11.9 Å². The number of aliphatic carboxylic acids is 2. The summed E-state index contributed by atoms with van der Waals surface area (Å²) >= 11 is 0. The number of rotatable bonds is 17. The molecule has 0 rings (SSSR count). The largest absolute Gasteiger partial charge is 0.478 e. The van der Waals surface area contributed by atoms with E-state index in [9.17, 15) is 27.7 Å². The average Bonchev–Trinajstić information content (AvgIpc) is 2.59. The molecule has 0 aliphatic carbocycles. The number of unbranched alkanes of at least 4 members (excludes halogenated alkanes) is 9. The van der Waals surface area contributed by atoms with Gasteiger partial charge in [0.15, 0.2) is 0 Å². The number of carboxylic acids is 2. The van der Waals surface area contributed by atoms with E-state index in [0.717, 1.165) is 25.7 Å². The number of hydrogen-bond acceptors (Lipinski definition) is 4. The maximum absolute atomic E-state index is 11.7. The molecule has 7 nitrogen and oxygen atoms in total. The van der Waals surface area contributed by atoms with Gasteiger partial charge in [0.2, 0.25) is 0 Å². The van der Waals surface area contributed by atoms with Crippen molar-refractivity contribution in [1.29, 1.82) is 0 Å². The van der Waals surface area contributed by atoms with E-state index in [1.54, 1.807) is 0 Å². The van der Waals surface area contributed by atoms with Gasteiger partial charge in [0.1, 0.15) is 0 Å². The first-order chi connectivity index (χ1) is 13.1. The van der Waals surface area contributed by atoms with Gasteiger partial charge in [-0.1, -0.05) is 78.1 Å². The molecule has 0 aromatic carbocycles. The van der Waals surface area contributed by atoms with E-state index in [1.165, 1.54) is 39.0 Å². The smallest absolute Gasteiger partial charge is 0.332 e. The molecular weight excluding hydrogens is 384 g/mol. The third-order valence-electron chi connectivity index (χ3n) is 5.03. The lowest BCUT2D eigenvalue weighted by atomic mass is 9.88. The molecule has 8 heteroatoms. The van der Waals surface area contributed by atoms with Gasteiger partial charge in [0.25, 0.3) is 10.1 Å². The van der Waals surface area contributed by atoms with E-state index >= 15 is 0 Å². The fourth-order valence-corrected chi connectivity index (χ4v) is 4.68. The van der Waals surface area contributed by atoms with Crippen molar-refractivity contribution in [3.8, 4) is 0 Å². The Hall–Kier alpha value is -1.41. The highest BCUT2D eigenvalue weighted by atomic mass is 32.2. The van der Waals surface area contributed by atoms with Gasteiger partial charge < -0.3 is 10.2 Å². The fourth-order valence-electron chi connectivity index (χ4n) is 3.56.